The van der Waals surface area contributed by atoms with Crippen molar-refractivity contribution in [2.45, 2.75) is 13.8 Å². The molecule has 0 aromatic heterocycles. The maximum absolute atomic E-state index is 3.50. The van der Waals surface area contributed by atoms with Gasteiger partial charge in [0.2, 0.25) is 0 Å². The van der Waals surface area contributed by atoms with Crippen molar-refractivity contribution in [3.63, 3.8) is 0 Å². The highest BCUT2D eigenvalue weighted by Gasteiger charge is 2.02. The lowest BCUT2D eigenvalue weighted by molar-refractivity contribution is 1.41. The van der Waals surface area contributed by atoms with E-state index in [1.54, 1.807) is 0 Å². The van der Waals surface area contributed by atoms with E-state index in [0.717, 1.165) is 10.0 Å². The van der Waals surface area contributed by atoms with Gasteiger partial charge < -0.3 is 0 Å². The molecule has 0 unspecified atom stereocenters. The van der Waals surface area contributed by atoms with Crippen molar-refractivity contribution in [1.29, 1.82) is 0 Å². The third-order valence-corrected chi connectivity index (χ3v) is 2.94. The molecule has 0 fully saturated rings. The molecule has 2 aromatic rings. The summed E-state index contributed by atoms with van der Waals surface area (Å²) in [5.41, 5.74) is 4.95. The molecule has 0 N–H and O–H groups in total. The summed E-state index contributed by atoms with van der Waals surface area (Å²) in [6, 6.07) is 15.8. The largest absolute Gasteiger partial charge is 0.0587 e. The van der Waals surface area contributed by atoms with E-state index in [1.807, 2.05) is 6.07 Å². The van der Waals surface area contributed by atoms with Gasteiger partial charge in [0, 0.05) is 4.47 Å². The Kier molecular flexibility index (Phi) is 2.92. The molecule has 2 rings (SSSR count). The number of rotatable bonds is 1. The van der Waals surface area contributed by atoms with Crippen molar-refractivity contribution in [2.24, 2.45) is 0 Å². The Balaban J connectivity index is 2.58. The fourth-order valence-corrected chi connectivity index (χ4v) is 1.98. The van der Waals surface area contributed by atoms with Gasteiger partial charge in [0.05, 0.1) is 0 Å². The summed E-state index contributed by atoms with van der Waals surface area (Å²) in [4.78, 5) is 0. The van der Waals surface area contributed by atoms with Crippen LogP contribution in [-0.4, -0.2) is 0 Å². The van der Waals surface area contributed by atoms with Gasteiger partial charge in [0.15, 0.2) is 0 Å². The van der Waals surface area contributed by atoms with Crippen LogP contribution in [0.4, 0.5) is 0 Å². The molecule has 0 aliphatic heterocycles. The second kappa shape index (κ2) is 4.19. The van der Waals surface area contributed by atoms with E-state index < -0.39 is 0 Å². The molecule has 15 heavy (non-hydrogen) atoms. The lowest BCUT2D eigenvalue weighted by Crippen LogP contribution is -1.84. The van der Waals surface area contributed by atoms with E-state index in [9.17, 15) is 0 Å². The van der Waals surface area contributed by atoms with Gasteiger partial charge in [-0.2, -0.15) is 0 Å². The van der Waals surface area contributed by atoms with Crippen LogP contribution in [0.1, 0.15) is 11.1 Å². The first-order valence-corrected chi connectivity index (χ1v) is 5.71. The zero-order valence-electron chi connectivity index (χ0n) is 8.84. The fourth-order valence-electron chi connectivity index (χ4n) is 1.62. The quantitative estimate of drug-likeness (QED) is 0.706. The summed E-state index contributed by atoms with van der Waals surface area (Å²) in [7, 11) is 0. The lowest BCUT2D eigenvalue weighted by Gasteiger charge is -2.07. The molecule has 1 heteroatoms. The first-order chi connectivity index (χ1) is 7.16. The van der Waals surface area contributed by atoms with Gasteiger partial charge in [0.1, 0.15) is 0 Å². The van der Waals surface area contributed by atoms with Gasteiger partial charge in [-0.1, -0.05) is 45.8 Å². The van der Waals surface area contributed by atoms with Crippen molar-refractivity contribution in [3.05, 3.63) is 58.1 Å². The molecule has 0 spiro atoms. The Hall–Kier alpha value is -1.08. The summed E-state index contributed by atoms with van der Waals surface area (Å²) in [6.45, 7) is 4.22. The zero-order chi connectivity index (χ0) is 10.8. The van der Waals surface area contributed by atoms with E-state index in [2.05, 4.69) is 66.2 Å². The van der Waals surface area contributed by atoms with Crippen molar-refractivity contribution < 1.29 is 0 Å². The first-order valence-electron chi connectivity index (χ1n) is 4.92. The molecule has 0 nitrogen and oxygen atoms in total. The Bertz CT molecular complexity index is 486. The minimum Gasteiger partial charge on any atom is -0.0587 e. The van der Waals surface area contributed by atoms with E-state index in [4.69, 9.17) is 0 Å². The highest BCUT2D eigenvalue weighted by molar-refractivity contribution is 9.10. The summed E-state index contributed by atoms with van der Waals surface area (Å²) in [5, 5.41) is 0. The predicted molar refractivity (Wildman–Crippen MR) is 67.9 cm³/mol. The summed E-state index contributed by atoms with van der Waals surface area (Å²) >= 11 is 3.50. The molecule has 2 aromatic carbocycles. The molecular weight excluding hydrogens is 248 g/mol. The van der Waals surface area contributed by atoms with Crippen LogP contribution >= 0.6 is 15.9 Å². The third-order valence-electron chi connectivity index (χ3n) is 2.45. The van der Waals surface area contributed by atoms with E-state index in [0.29, 0.717) is 0 Å². The van der Waals surface area contributed by atoms with Crippen LogP contribution in [0.2, 0.25) is 0 Å². The van der Waals surface area contributed by atoms with Gasteiger partial charge in [-0.05, 0) is 48.7 Å². The smallest absolute Gasteiger partial charge is 0.0181 e. The van der Waals surface area contributed by atoms with Gasteiger partial charge in [-0.25, -0.2) is 0 Å². The average Bonchev–Trinajstić information content (AvgIpc) is 2.22. The monoisotopic (exact) mass is 259 g/mol. The van der Waals surface area contributed by atoms with E-state index in [1.165, 1.54) is 16.7 Å². The van der Waals surface area contributed by atoms with Crippen LogP contribution < -0.4 is 0 Å². The molecule has 0 aliphatic rings. The maximum Gasteiger partial charge on any atom is 0.0181 e. The number of halogens is 1. The molecule has 0 bridgehead atoms. The molecule has 0 saturated carbocycles. The molecule has 75 valence electrons. The number of aryl methyl sites for hydroxylation is 2. The Morgan fingerprint density at radius 2 is 1.87 bits per heavy atom. The van der Waals surface area contributed by atoms with Crippen LogP contribution in [0, 0.1) is 19.9 Å². The summed E-state index contributed by atoms with van der Waals surface area (Å²) in [6.07, 6.45) is 0. The van der Waals surface area contributed by atoms with Crippen molar-refractivity contribution in [2.75, 3.05) is 0 Å². The topological polar surface area (TPSA) is 0 Å². The van der Waals surface area contributed by atoms with Crippen LogP contribution in [0.5, 0.6) is 0 Å². The van der Waals surface area contributed by atoms with Gasteiger partial charge in [0.25, 0.3) is 0 Å². The number of benzene rings is 2. The van der Waals surface area contributed by atoms with Gasteiger partial charge in [-0.15, -0.1) is 0 Å². The van der Waals surface area contributed by atoms with Crippen molar-refractivity contribution in [1.82, 2.24) is 0 Å². The van der Waals surface area contributed by atoms with E-state index in [-0.39, 0.29) is 0 Å². The van der Waals surface area contributed by atoms with Gasteiger partial charge >= 0.3 is 0 Å². The standard InChI is InChI=1S/C14H12Br/c1-10-4-3-5-12(8-10)14-9-13(15)7-6-11(14)2/h3-4,6-9H,1-2H3. The van der Waals surface area contributed by atoms with Crippen LogP contribution in [0.15, 0.2) is 40.9 Å². The molecular formula is C14H12Br. The molecule has 0 atom stereocenters. The van der Waals surface area contributed by atoms with Crippen LogP contribution in [0.3, 0.4) is 0 Å². The van der Waals surface area contributed by atoms with E-state index >= 15 is 0 Å². The second-order valence-electron chi connectivity index (χ2n) is 3.74. The molecule has 0 heterocycles. The normalized spacial score (nSPS) is 10.3. The third kappa shape index (κ3) is 2.29. The maximum atomic E-state index is 3.50. The van der Waals surface area contributed by atoms with Crippen LogP contribution in [-0.2, 0) is 0 Å². The average molecular weight is 260 g/mol. The molecule has 0 aliphatic carbocycles. The predicted octanol–water partition coefficient (Wildman–Crippen LogP) is 4.53. The van der Waals surface area contributed by atoms with Crippen molar-refractivity contribution in [3.8, 4) is 11.1 Å². The van der Waals surface area contributed by atoms with Crippen molar-refractivity contribution >= 4 is 15.9 Å². The lowest BCUT2D eigenvalue weighted by atomic mass is 9.99. The summed E-state index contributed by atoms with van der Waals surface area (Å²) < 4.78 is 1.11. The second-order valence-corrected chi connectivity index (χ2v) is 4.65. The minimum atomic E-state index is 1.11. The molecule has 1 radical (unpaired) electrons. The minimum absolute atomic E-state index is 1.11. The SMILES string of the molecule is Cc1cc[c]c(-c2cc(Br)ccc2C)c1. The molecule has 0 amide bonds. The Morgan fingerprint density at radius 3 is 2.60 bits per heavy atom. The number of hydrogen-bond acceptors (Lipinski definition) is 0. The highest BCUT2D eigenvalue weighted by Crippen LogP contribution is 2.26. The zero-order valence-corrected chi connectivity index (χ0v) is 10.4. The fraction of sp³-hybridized carbons (Fsp3) is 0.143. The Morgan fingerprint density at radius 1 is 1.07 bits per heavy atom. The molecule has 0 saturated heterocycles. The van der Waals surface area contributed by atoms with Crippen LogP contribution in [0.25, 0.3) is 11.1 Å². The van der Waals surface area contributed by atoms with Gasteiger partial charge in [-0.3, -0.25) is 0 Å². The Labute approximate surface area is 99.1 Å². The highest BCUT2D eigenvalue weighted by atomic mass is 79.9. The summed E-state index contributed by atoms with van der Waals surface area (Å²) in [5.74, 6) is 0. The first kappa shape index (κ1) is 10.4. The number of hydrogen-bond donors (Lipinski definition) is 0.